The van der Waals surface area contributed by atoms with Gasteiger partial charge in [-0.25, -0.2) is 0 Å². The number of hydrogen-bond acceptors (Lipinski definition) is 2. The summed E-state index contributed by atoms with van der Waals surface area (Å²) in [5.41, 5.74) is 2.85. The van der Waals surface area contributed by atoms with Crippen LogP contribution in [0.3, 0.4) is 0 Å². The molecule has 0 saturated carbocycles. The lowest BCUT2D eigenvalue weighted by atomic mass is 10.1. The van der Waals surface area contributed by atoms with Crippen LogP contribution >= 0.6 is 23.2 Å². The van der Waals surface area contributed by atoms with Crippen LogP contribution in [0.25, 0.3) is 0 Å². The van der Waals surface area contributed by atoms with Crippen molar-refractivity contribution >= 4 is 35.0 Å². The van der Waals surface area contributed by atoms with Crippen LogP contribution in [0.2, 0.25) is 10.0 Å². The van der Waals surface area contributed by atoms with E-state index in [9.17, 15) is 9.59 Å². The van der Waals surface area contributed by atoms with E-state index in [2.05, 4.69) is 5.32 Å². The van der Waals surface area contributed by atoms with Crippen LogP contribution in [0.1, 0.15) is 43.9 Å². The molecule has 0 aromatic heterocycles. The van der Waals surface area contributed by atoms with E-state index in [-0.39, 0.29) is 24.3 Å². The van der Waals surface area contributed by atoms with Gasteiger partial charge in [0.05, 0.1) is 16.5 Å². The number of aryl methyl sites for hydroxylation is 1. The second-order valence-corrected chi connectivity index (χ2v) is 8.18. The number of nitrogens with one attached hydrogen (secondary N) is 1. The monoisotopic (exact) mass is 434 g/mol. The Morgan fingerprint density at radius 3 is 2.38 bits per heavy atom. The van der Waals surface area contributed by atoms with E-state index in [1.807, 2.05) is 45.0 Å². The maximum Gasteiger partial charge on any atom is 0.242 e. The smallest absolute Gasteiger partial charge is 0.242 e. The Balaban J connectivity index is 2.27. The molecule has 0 radical (unpaired) electrons. The van der Waals surface area contributed by atoms with Gasteiger partial charge >= 0.3 is 0 Å². The normalized spacial score (nSPS) is 12.9. The number of carbonyl (C=O) groups is 2. The lowest BCUT2D eigenvalue weighted by Gasteiger charge is -2.30. The van der Waals surface area contributed by atoms with Crippen LogP contribution in [0.4, 0.5) is 0 Å². The summed E-state index contributed by atoms with van der Waals surface area (Å²) in [5.74, 6) is -0.297. The van der Waals surface area contributed by atoms with Gasteiger partial charge in [0.1, 0.15) is 6.04 Å². The van der Waals surface area contributed by atoms with Gasteiger partial charge in [-0.05, 0) is 56.0 Å². The van der Waals surface area contributed by atoms with Gasteiger partial charge in [-0.2, -0.15) is 0 Å². The van der Waals surface area contributed by atoms with E-state index in [4.69, 9.17) is 23.2 Å². The molecule has 6 heteroatoms. The molecule has 0 saturated heterocycles. The molecule has 1 N–H and O–H groups in total. The average molecular weight is 435 g/mol. The highest BCUT2D eigenvalue weighted by Gasteiger charge is 2.27. The lowest BCUT2D eigenvalue weighted by molar-refractivity contribution is -0.140. The van der Waals surface area contributed by atoms with Crippen molar-refractivity contribution in [2.45, 2.75) is 59.2 Å². The number of hydrogen-bond donors (Lipinski definition) is 1. The van der Waals surface area contributed by atoms with Crippen molar-refractivity contribution in [2.24, 2.45) is 0 Å². The first-order valence-corrected chi connectivity index (χ1v) is 10.6. The largest absolute Gasteiger partial charge is 0.352 e. The Morgan fingerprint density at radius 2 is 1.76 bits per heavy atom. The molecule has 0 fully saturated rings. The molecule has 4 nitrogen and oxygen atoms in total. The second kappa shape index (κ2) is 10.7. The molecule has 2 atom stereocenters. The number of halogens is 2. The van der Waals surface area contributed by atoms with Crippen molar-refractivity contribution in [3.8, 4) is 0 Å². The molecule has 0 unspecified atom stereocenters. The van der Waals surface area contributed by atoms with Crippen molar-refractivity contribution < 1.29 is 9.59 Å². The maximum atomic E-state index is 13.2. The zero-order valence-electron chi connectivity index (χ0n) is 17.3. The minimum absolute atomic E-state index is 0.0513. The number of amides is 2. The Morgan fingerprint density at radius 1 is 1.07 bits per heavy atom. The summed E-state index contributed by atoms with van der Waals surface area (Å²) in [6, 6.07) is 12.5. The lowest BCUT2D eigenvalue weighted by Crippen LogP contribution is -2.50. The molecule has 29 heavy (non-hydrogen) atoms. The minimum Gasteiger partial charge on any atom is -0.352 e. The standard InChI is InChI=1S/C23H28Cl2N2O2/c1-5-16(3)26-23(29)17(4)27(14-19-9-7-6-8-15(19)2)22(28)13-18-10-11-20(24)21(25)12-18/h6-12,16-17H,5,13-14H2,1-4H3,(H,26,29)/t16-,17-/m1/s1. The molecule has 156 valence electrons. The van der Waals surface area contributed by atoms with Gasteiger partial charge in [0.15, 0.2) is 0 Å². The SMILES string of the molecule is CC[C@@H](C)NC(=O)[C@@H](C)N(Cc1ccccc1C)C(=O)Cc1ccc(Cl)c(Cl)c1. The topological polar surface area (TPSA) is 49.4 Å². The Kier molecular flexibility index (Phi) is 8.54. The van der Waals surface area contributed by atoms with Crippen molar-refractivity contribution in [3.63, 3.8) is 0 Å². The van der Waals surface area contributed by atoms with E-state index in [1.54, 1.807) is 30.0 Å². The quantitative estimate of drug-likeness (QED) is 0.622. The first-order chi connectivity index (χ1) is 13.7. The fourth-order valence-corrected chi connectivity index (χ4v) is 3.27. The average Bonchev–Trinajstić information content (AvgIpc) is 2.69. The number of rotatable bonds is 8. The molecule has 0 bridgehead atoms. The van der Waals surface area contributed by atoms with Crippen LogP contribution in [0.15, 0.2) is 42.5 Å². The molecule has 0 heterocycles. The van der Waals surface area contributed by atoms with Crippen LogP contribution in [0, 0.1) is 6.92 Å². The minimum atomic E-state index is -0.598. The molecule has 2 rings (SSSR count). The molecule has 2 amide bonds. The van der Waals surface area contributed by atoms with Crippen molar-refractivity contribution in [2.75, 3.05) is 0 Å². The molecule has 2 aromatic rings. The van der Waals surface area contributed by atoms with Crippen LogP contribution < -0.4 is 5.32 Å². The molecule has 0 aliphatic rings. The number of benzene rings is 2. The zero-order valence-corrected chi connectivity index (χ0v) is 18.8. The molecular weight excluding hydrogens is 407 g/mol. The third-order valence-electron chi connectivity index (χ3n) is 5.11. The molecule has 0 aliphatic carbocycles. The summed E-state index contributed by atoms with van der Waals surface area (Å²) in [6.45, 7) is 8.09. The highest BCUT2D eigenvalue weighted by atomic mass is 35.5. The fraction of sp³-hybridized carbons (Fsp3) is 0.391. The van der Waals surface area contributed by atoms with E-state index >= 15 is 0 Å². The number of carbonyl (C=O) groups excluding carboxylic acids is 2. The predicted molar refractivity (Wildman–Crippen MR) is 119 cm³/mol. The Hall–Kier alpha value is -2.04. The Bertz CT molecular complexity index is 870. The fourth-order valence-electron chi connectivity index (χ4n) is 2.94. The predicted octanol–water partition coefficient (Wildman–Crippen LogP) is 5.18. The molecular formula is C23H28Cl2N2O2. The second-order valence-electron chi connectivity index (χ2n) is 7.37. The highest BCUT2D eigenvalue weighted by molar-refractivity contribution is 6.42. The van der Waals surface area contributed by atoms with Crippen LogP contribution in [0.5, 0.6) is 0 Å². The van der Waals surface area contributed by atoms with Gasteiger partial charge in [-0.1, -0.05) is 60.5 Å². The maximum absolute atomic E-state index is 13.2. The van der Waals surface area contributed by atoms with E-state index in [0.29, 0.717) is 16.6 Å². The van der Waals surface area contributed by atoms with Crippen molar-refractivity contribution in [3.05, 3.63) is 69.2 Å². The molecule has 0 aliphatic heterocycles. The third kappa shape index (κ3) is 6.48. The van der Waals surface area contributed by atoms with Crippen molar-refractivity contribution in [1.29, 1.82) is 0 Å². The summed E-state index contributed by atoms with van der Waals surface area (Å²) in [6.07, 6.45) is 0.969. The first kappa shape index (κ1) is 23.2. The summed E-state index contributed by atoms with van der Waals surface area (Å²) in [4.78, 5) is 27.6. The zero-order chi connectivity index (χ0) is 21.6. The Labute approximate surface area is 183 Å². The van der Waals surface area contributed by atoms with Gasteiger partial charge in [-0.15, -0.1) is 0 Å². The summed E-state index contributed by atoms with van der Waals surface area (Å²) < 4.78 is 0. The van der Waals surface area contributed by atoms with Gasteiger partial charge in [0.2, 0.25) is 11.8 Å². The van der Waals surface area contributed by atoms with Gasteiger partial charge in [-0.3, -0.25) is 9.59 Å². The van der Waals surface area contributed by atoms with E-state index in [1.165, 1.54) is 0 Å². The van der Waals surface area contributed by atoms with E-state index in [0.717, 1.165) is 23.1 Å². The first-order valence-electron chi connectivity index (χ1n) is 9.81. The van der Waals surface area contributed by atoms with Crippen LogP contribution in [-0.2, 0) is 22.6 Å². The molecule has 2 aromatic carbocycles. The third-order valence-corrected chi connectivity index (χ3v) is 5.85. The van der Waals surface area contributed by atoms with Gasteiger partial charge in [0.25, 0.3) is 0 Å². The van der Waals surface area contributed by atoms with E-state index < -0.39 is 6.04 Å². The summed E-state index contributed by atoms with van der Waals surface area (Å²) >= 11 is 12.1. The van der Waals surface area contributed by atoms with Crippen molar-refractivity contribution in [1.82, 2.24) is 10.2 Å². The molecule has 0 spiro atoms. The summed E-state index contributed by atoms with van der Waals surface area (Å²) in [5, 5.41) is 3.83. The summed E-state index contributed by atoms with van der Waals surface area (Å²) in [7, 11) is 0. The van der Waals surface area contributed by atoms with Crippen LogP contribution in [-0.4, -0.2) is 28.8 Å². The van der Waals surface area contributed by atoms with Gasteiger partial charge in [0, 0.05) is 12.6 Å². The number of nitrogens with zero attached hydrogens (tertiary/aromatic N) is 1. The van der Waals surface area contributed by atoms with Gasteiger partial charge < -0.3 is 10.2 Å². The highest BCUT2D eigenvalue weighted by Crippen LogP contribution is 2.23.